The quantitative estimate of drug-likeness (QED) is 0.352. The van der Waals surface area contributed by atoms with E-state index in [4.69, 9.17) is 27.1 Å². The number of hydrogen-bond donors (Lipinski definition) is 2. The van der Waals surface area contributed by atoms with Gasteiger partial charge in [-0.25, -0.2) is 13.8 Å². The molecule has 0 saturated carbocycles. The predicted molar refractivity (Wildman–Crippen MR) is 151 cm³/mol. The summed E-state index contributed by atoms with van der Waals surface area (Å²) >= 11 is 7.78. The van der Waals surface area contributed by atoms with E-state index >= 15 is 4.39 Å². The van der Waals surface area contributed by atoms with Crippen LogP contribution in [0.15, 0.2) is 18.2 Å². The van der Waals surface area contributed by atoms with Crippen LogP contribution >= 0.6 is 22.9 Å². The summed E-state index contributed by atoms with van der Waals surface area (Å²) in [4.78, 5) is 18.1. The van der Waals surface area contributed by atoms with E-state index in [-0.39, 0.29) is 43.5 Å². The van der Waals surface area contributed by atoms with Gasteiger partial charge in [-0.3, -0.25) is 0 Å². The van der Waals surface area contributed by atoms with E-state index in [9.17, 15) is 4.39 Å². The van der Waals surface area contributed by atoms with E-state index in [0.29, 0.717) is 35.5 Å². The molecule has 0 aliphatic carbocycles. The summed E-state index contributed by atoms with van der Waals surface area (Å²) in [5.41, 5.74) is 6.73. The van der Waals surface area contributed by atoms with Crippen LogP contribution in [0.4, 0.5) is 19.7 Å². The van der Waals surface area contributed by atoms with Crippen molar-refractivity contribution in [2.24, 2.45) is 0 Å². The molecule has 3 aliphatic rings. The number of ether oxygens (including phenoxy) is 1. The van der Waals surface area contributed by atoms with Crippen LogP contribution in [0, 0.1) is 11.6 Å². The average Bonchev–Trinajstić information content (AvgIpc) is 3.61. The van der Waals surface area contributed by atoms with Crippen molar-refractivity contribution in [1.29, 1.82) is 0 Å². The second-order valence-electron chi connectivity index (χ2n) is 10.7. The molecular formula is C27H28ClF2N7OS. The van der Waals surface area contributed by atoms with E-state index in [1.54, 1.807) is 6.07 Å². The monoisotopic (exact) mass is 571 g/mol. The van der Waals surface area contributed by atoms with Gasteiger partial charge < -0.3 is 25.6 Å². The molecule has 3 N–H and O–H groups in total. The van der Waals surface area contributed by atoms with E-state index in [1.165, 1.54) is 12.1 Å². The van der Waals surface area contributed by atoms with Crippen molar-refractivity contribution in [2.45, 2.75) is 43.8 Å². The van der Waals surface area contributed by atoms with Crippen LogP contribution in [-0.4, -0.2) is 71.3 Å². The summed E-state index contributed by atoms with van der Waals surface area (Å²) in [6.07, 6.45) is 4.33. The number of nitrogens with two attached hydrogens (primary N) is 1. The maximum atomic E-state index is 16.5. The molecule has 204 valence electrons. The summed E-state index contributed by atoms with van der Waals surface area (Å²) in [6, 6.07) is 5.57. The third-order valence-corrected chi connectivity index (χ3v) is 9.41. The Labute approximate surface area is 233 Å². The minimum Gasteiger partial charge on any atom is -0.462 e. The second-order valence-corrected chi connectivity index (χ2v) is 12.2. The molecule has 39 heavy (non-hydrogen) atoms. The number of likely N-dealkylation sites (tertiary alicyclic amines) is 1. The average molecular weight is 572 g/mol. The molecule has 3 fully saturated rings. The van der Waals surface area contributed by atoms with Gasteiger partial charge in [-0.15, -0.1) is 0 Å². The van der Waals surface area contributed by atoms with E-state index in [1.807, 2.05) is 0 Å². The van der Waals surface area contributed by atoms with Crippen LogP contribution in [0.5, 0.6) is 6.01 Å². The smallest absolute Gasteiger partial charge is 0.319 e. The van der Waals surface area contributed by atoms with Crippen LogP contribution in [0.3, 0.4) is 0 Å². The maximum absolute atomic E-state index is 16.5. The van der Waals surface area contributed by atoms with Crippen LogP contribution in [0.1, 0.15) is 25.7 Å². The Kier molecular flexibility index (Phi) is 6.22. The minimum atomic E-state index is -0.624. The molecular weight excluding hydrogens is 544 g/mol. The first kappa shape index (κ1) is 25.1. The highest BCUT2D eigenvalue weighted by molar-refractivity contribution is 7.22. The Balaban J connectivity index is 1.38. The third-order valence-electron chi connectivity index (χ3n) is 8.22. The number of rotatable bonds is 5. The molecule has 8 nitrogen and oxygen atoms in total. The van der Waals surface area contributed by atoms with Crippen LogP contribution in [0.25, 0.3) is 32.2 Å². The maximum Gasteiger partial charge on any atom is 0.319 e. The fourth-order valence-electron chi connectivity index (χ4n) is 6.24. The van der Waals surface area contributed by atoms with Gasteiger partial charge in [0.15, 0.2) is 10.9 Å². The van der Waals surface area contributed by atoms with Gasteiger partial charge in [0.2, 0.25) is 0 Å². The van der Waals surface area contributed by atoms with Gasteiger partial charge in [0.1, 0.15) is 23.8 Å². The van der Waals surface area contributed by atoms with Gasteiger partial charge in [0, 0.05) is 47.7 Å². The number of benzene rings is 2. The van der Waals surface area contributed by atoms with Gasteiger partial charge >= 0.3 is 6.01 Å². The Morgan fingerprint density at radius 1 is 1.13 bits per heavy atom. The molecule has 0 radical (unpaired) electrons. The molecule has 2 aromatic carbocycles. The number of nitrogen functional groups attached to an aromatic ring is 1. The first-order valence-electron chi connectivity index (χ1n) is 13.2. The van der Waals surface area contributed by atoms with Crippen molar-refractivity contribution < 1.29 is 13.5 Å². The van der Waals surface area contributed by atoms with Gasteiger partial charge in [-0.1, -0.05) is 22.9 Å². The first-order chi connectivity index (χ1) is 18.9. The fourth-order valence-corrected chi connectivity index (χ4v) is 7.29. The molecule has 2 unspecified atom stereocenters. The first-order valence-corrected chi connectivity index (χ1v) is 14.4. The molecule has 3 aliphatic heterocycles. The lowest BCUT2D eigenvalue weighted by Gasteiger charge is -2.34. The summed E-state index contributed by atoms with van der Waals surface area (Å²) in [5, 5.41) is 4.51. The number of piperazine rings is 1. The normalized spacial score (nSPS) is 23.4. The molecule has 4 aromatic rings. The van der Waals surface area contributed by atoms with Crippen molar-refractivity contribution >= 4 is 55.0 Å². The molecule has 5 heterocycles. The number of fused-ring (bicyclic) bond motifs is 4. The van der Waals surface area contributed by atoms with Crippen LogP contribution in [0.2, 0.25) is 5.02 Å². The predicted octanol–water partition coefficient (Wildman–Crippen LogP) is 4.83. The Hall–Kier alpha value is -2.86. The van der Waals surface area contributed by atoms with E-state index in [2.05, 4.69) is 32.1 Å². The van der Waals surface area contributed by atoms with E-state index < -0.39 is 11.6 Å². The van der Waals surface area contributed by atoms with Gasteiger partial charge in [0.05, 0.1) is 15.2 Å². The number of anilines is 2. The number of aromatic nitrogens is 3. The van der Waals surface area contributed by atoms with Crippen molar-refractivity contribution in [3.8, 4) is 17.1 Å². The standard InChI is InChI=1S/C27H28ClF2N7OS/c1-36-8-2-3-15(36)12-38-27-34-22-17(25(35-27)37-10-13-4-5-14(11-37)32-13)9-18(28)20(21(22)30)16-6-7-19(29)24-23(16)33-26(31)39-24/h6-7,9,13-15,32H,2-5,8,10-12H2,1H3,(H2,31,33)/t13?,14?,15-/m0/s1. The Morgan fingerprint density at radius 3 is 2.67 bits per heavy atom. The van der Waals surface area contributed by atoms with Crippen molar-refractivity contribution in [2.75, 3.05) is 43.9 Å². The number of thiazole rings is 1. The Bertz CT molecular complexity index is 1590. The van der Waals surface area contributed by atoms with Gasteiger partial charge in [-0.2, -0.15) is 9.97 Å². The highest BCUT2D eigenvalue weighted by Gasteiger charge is 2.34. The molecule has 12 heteroatoms. The SMILES string of the molecule is CN1CCC[C@H]1COc1nc(N2CC3CCC(C2)N3)c2cc(Cl)c(-c3ccc(F)c4sc(N)nc34)c(F)c2n1. The minimum absolute atomic E-state index is 0.103. The summed E-state index contributed by atoms with van der Waals surface area (Å²) < 4.78 is 37.4. The van der Waals surface area contributed by atoms with Crippen molar-refractivity contribution in [3.05, 3.63) is 34.9 Å². The summed E-state index contributed by atoms with van der Waals surface area (Å²) in [7, 11) is 2.08. The third kappa shape index (κ3) is 4.35. The number of nitrogens with one attached hydrogen (secondary N) is 1. The summed E-state index contributed by atoms with van der Waals surface area (Å²) in [5.74, 6) is -0.477. The van der Waals surface area contributed by atoms with Crippen molar-refractivity contribution in [1.82, 2.24) is 25.2 Å². The molecule has 2 bridgehead atoms. The lowest BCUT2D eigenvalue weighted by molar-refractivity contribution is 0.188. The molecule has 3 saturated heterocycles. The molecule has 3 atom stereocenters. The number of halogens is 3. The lowest BCUT2D eigenvalue weighted by Crippen LogP contribution is -2.51. The zero-order valence-electron chi connectivity index (χ0n) is 21.4. The lowest BCUT2D eigenvalue weighted by atomic mass is 10.0. The van der Waals surface area contributed by atoms with Crippen LogP contribution < -0.4 is 20.7 Å². The number of nitrogens with zero attached hydrogens (tertiary/aromatic N) is 5. The highest BCUT2D eigenvalue weighted by Crippen LogP contribution is 2.43. The molecule has 0 amide bonds. The number of hydrogen-bond acceptors (Lipinski definition) is 9. The van der Waals surface area contributed by atoms with E-state index in [0.717, 1.165) is 56.7 Å². The topological polar surface area (TPSA) is 92.4 Å². The van der Waals surface area contributed by atoms with Gasteiger partial charge in [0.25, 0.3) is 0 Å². The highest BCUT2D eigenvalue weighted by atomic mass is 35.5. The largest absolute Gasteiger partial charge is 0.462 e. The zero-order chi connectivity index (χ0) is 26.8. The van der Waals surface area contributed by atoms with Gasteiger partial charge in [-0.05, 0) is 57.5 Å². The van der Waals surface area contributed by atoms with Crippen LogP contribution in [-0.2, 0) is 0 Å². The summed E-state index contributed by atoms with van der Waals surface area (Å²) in [6.45, 7) is 2.95. The second kappa shape index (κ2) is 9.65. The Morgan fingerprint density at radius 2 is 1.92 bits per heavy atom. The molecule has 7 rings (SSSR count). The number of likely N-dealkylation sites (N-methyl/N-ethyl adjacent to an activating group) is 1. The molecule has 0 spiro atoms. The fraction of sp³-hybridized carbons (Fsp3) is 0.444. The zero-order valence-corrected chi connectivity index (χ0v) is 23.0. The van der Waals surface area contributed by atoms with Crippen molar-refractivity contribution in [3.63, 3.8) is 0 Å². The molecule has 2 aromatic heterocycles.